The molecule has 0 spiro atoms. The summed E-state index contributed by atoms with van der Waals surface area (Å²) in [6.07, 6.45) is 4.72. The lowest BCUT2D eigenvalue weighted by atomic mass is 10.1. The smallest absolute Gasteiger partial charge is 0.343 e. The van der Waals surface area contributed by atoms with E-state index in [9.17, 15) is 14.4 Å². The summed E-state index contributed by atoms with van der Waals surface area (Å²) in [7, 11) is 0. The molecule has 0 saturated carbocycles. The molecule has 0 aromatic heterocycles. The number of unbranched alkanes of at least 4 members (excludes halogenated alkanes) is 3. The Bertz CT molecular complexity index is 1170. The van der Waals surface area contributed by atoms with Gasteiger partial charge in [-0.2, -0.15) is 0 Å². The molecule has 7 nitrogen and oxygen atoms in total. The van der Waals surface area contributed by atoms with E-state index < -0.39 is 17.9 Å². The number of carboxylic acids is 1. The van der Waals surface area contributed by atoms with Crippen LogP contribution in [0.2, 0.25) is 0 Å². The minimum absolute atomic E-state index is 0.200. The van der Waals surface area contributed by atoms with Crippen LogP contribution < -0.4 is 9.47 Å². The maximum Gasteiger partial charge on any atom is 0.343 e. The van der Waals surface area contributed by atoms with Gasteiger partial charge < -0.3 is 19.3 Å². The minimum Gasteiger partial charge on any atom is -0.494 e. The summed E-state index contributed by atoms with van der Waals surface area (Å²) in [5.41, 5.74) is 0.592. The van der Waals surface area contributed by atoms with Gasteiger partial charge in [0.05, 0.1) is 24.3 Å². The Balaban J connectivity index is 1.43. The van der Waals surface area contributed by atoms with Gasteiger partial charge in [0.2, 0.25) is 0 Å². The second kappa shape index (κ2) is 12.2. The van der Waals surface area contributed by atoms with E-state index in [-0.39, 0.29) is 5.56 Å². The van der Waals surface area contributed by atoms with Gasteiger partial charge in [-0.15, -0.1) is 0 Å². The zero-order chi connectivity index (χ0) is 24.3. The predicted octanol–water partition coefficient (Wildman–Crippen LogP) is 5.43. The third-order valence-electron chi connectivity index (χ3n) is 5.08. The Kier molecular flexibility index (Phi) is 8.80. The van der Waals surface area contributed by atoms with Gasteiger partial charge in [-0.1, -0.05) is 18.7 Å². The van der Waals surface area contributed by atoms with Gasteiger partial charge in [0.25, 0.3) is 0 Å². The molecule has 0 bridgehead atoms. The van der Waals surface area contributed by atoms with Crippen molar-refractivity contribution in [2.75, 3.05) is 13.2 Å². The molecule has 0 aliphatic carbocycles. The molecule has 3 rings (SSSR count). The van der Waals surface area contributed by atoms with Crippen molar-refractivity contribution in [3.8, 4) is 11.5 Å². The second-order valence-electron chi connectivity index (χ2n) is 7.58. The lowest BCUT2D eigenvalue weighted by molar-refractivity contribution is -0.137. The van der Waals surface area contributed by atoms with Gasteiger partial charge in [-0.3, -0.25) is 0 Å². The van der Waals surface area contributed by atoms with E-state index in [1.54, 1.807) is 54.6 Å². The quantitative estimate of drug-likeness (QED) is 0.166. The first-order valence-corrected chi connectivity index (χ1v) is 11.0. The van der Waals surface area contributed by atoms with Crippen LogP contribution in [-0.4, -0.2) is 36.2 Å². The molecule has 3 aromatic rings. The van der Waals surface area contributed by atoms with Crippen molar-refractivity contribution in [3.63, 3.8) is 0 Å². The molecule has 34 heavy (non-hydrogen) atoms. The lowest BCUT2D eigenvalue weighted by Crippen LogP contribution is -2.08. The van der Waals surface area contributed by atoms with Crippen molar-refractivity contribution < 1.29 is 33.7 Å². The highest BCUT2D eigenvalue weighted by molar-refractivity contribution is 5.95. The van der Waals surface area contributed by atoms with Crippen molar-refractivity contribution in [3.05, 3.63) is 84.4 Å². The largest absolute Gasteiger partial charge is 0.494 e. The molecule has 0 saturated heterocycles. The number of carbonyl (C=O) groups excluding carboxylic acids is 2. The van der Waals surface area contributed by atoms with E-state index in [0.29, 0.717) is 30.3 Å². The Morgan fingerprint density at radius 2 is 1.38 bits per heavy atom. The molecule has 1 N–H and O–H groups in total. The van der Waals surface area contributed by atoms with Crippen molar-refractivity contribution in [1.29, 1.82) is 0 Å². The monoisotopic (exact) mass is 462 g/mol. The first-order valence-electron chi connectivity index (χ1n) is 11.0. The number of carbonyl (C=O) groups is 3. The minimum atomic E-state index is -0.992. The van der Waals surface area contributed by atoms with Crippen molar-refractivity contribution in [2.24, 2.45) is 0 Å². The number of fused-ring (bicyclic) bond motifs is 1. The predicted molar refractivity (Wildman–Crippen MR) is 127 cm³/mol. The molecular formula is C27H26O7. The van der Waals surface area contributed by atoms with Crippen LogP contribution in [0.3, 0.4) is 0 Å². The van der Waals surface area contributed by atoms with E-state index in [4.69, 9.17) is 19.3 Å². The molecule has 7 heteroatoms. The number of hydrogen-bond donors (Lipinski definition) is 1. The van der Waals surface area contributed by atoms with Crippen LogP contribution in [0.15, 0.2) is 73.3 Å². The first kappa shape index (κ1) is 24.5. The van der Waals surface area contributed by atoms with Gasteiger partial charge in [0.15, 0.2) is 0 Å². The zero-order valence-electron chi connectivity index (χ0n) is 18.7. The third kappa shape index (κ3) is 7.20. The molecular weight excluding hydrogens is 436 g/mol. The maximum atomic E-state index is 12.5. The van der Waals surface area contributed by atoms with Crippen molar-refractivity contribution in [1.82, 2.24) is 0 Å². The van der Waals surface area contributed by atoms with Gasteiger partial charge >= 0.3 is 17.9 Å². The normalized spacial score (nSPS) is 10.5. The van der Waals surface area contributed by atoms with Gasteiger partial charge in [-0.05, 0) is 85.0 Å². The Morgan fingerprint density at radius 3 is 2.09 bits per heavy atom. The molecule has 0 amide bonds. The summed E-state index contributed by atoms with van der Waals surface area (Å²) in [5, 5.41) is 10.6. The first-order chi connectivity index (χ1) is 16.5. The fourth-order valence-corrected chi connectivity index (χ4v) is 3.25. The topological polar surface area (TPSA) is 99.1 Å². The summed E-state index contributed by atoms with van der Waals surface area (Å²) >= 11 is 0. The number of benzene rings is 3. The molecule has 3 aromatic carbocycles. The molecule has 0 heterocycles. The fourth-order valence-electron chi connectivity index (χ4n) is 3.25. The van der Waals surface area contributed by atoms with E-state index >= 15 is 0 Å². The number of carboxylic acid groups (broad SMARTS) is 1. The Labute approximate surface area is 197 Å². The van der Waals surface area contributed by atoms with Crippen LogP contribution in [0.4, 0.5) is 0 Å². The average molecular weight is 462 g/mol. The van der Waals surface area contributed by atoms with Gasteiger partial charge in [0.1, 0.15) is 11.5 Å². The molecule has 0 atom stereocenters. The van der Waals surface area contributed by atoms with E-state index in [2.05, 4.69) is 6.58 Å². The van der Waals surface area contributed by atoms with Gasteiger partial charge in [0, 0.05) is 6.08 Å². The van der Waals surface area contributed by atoms with Crippen LogP contribution in [-0.2, 0) is 9.53 Å². The summed E-state index contributed by atoms with van der Waals surface area (Å²) in [5.74, 6) is -0.848. The van der Waals surface area contributed by atoms with Crippen molar-refractivity contribution in [2.45, 2.75) is 25.7 Å². The summed E-state index contributed by atoms with van der Waals surface area (Å²) < 4.78 is 16.1. The van der Waals surface area contributed by atoms with E-state index in [0.717, 1.165) is 42.5 Å². The van der Waals surface area contributed by atoms with Crippen LogP contribution in [0.25, 0.3) is 10.8 Å². The number of aromatic carboxylic acids is 1. The van der Waals surface area contributed by atoms with Crippen molar-refractivity contribution >= 4 is 28.7 Å². The molecule has 0 radical (unpaired) electrons. The van der Waals surface area contributed by atoms with E-state index in [1.807, 2.05) is 0 Å². The van der Waals surface area contributed by atoms with Crippen LogP contribution in [0, 0.1) is 0 Å². The van der Waals surface area contributed by atoms with Crippen LogP contribution in [0.1, 0.15) is 46.4 Å². The highest BCUT2D eigenvalue weighted by atomic mass is 16.5. The summed E-state index contributed by atoms with van der Waals surface area (Å²) in [4.78, 5) is 34.5. The average Bonchev–Trinajstić information content (AvgIpc) is 2.85. The SMILES string of the molecule is C=CC(=O)OCCCCCCOc1ccc(C(=O)Oc2ccc3cc(C(=O)O)ccc3c2)cc1. The highest BCUT2D eigenvalue weighted by Crippen LogP contribution is 2.23. The number of ether oxygens (including phenoxy) is 3. The van der Waals surface area contributed by atoms with E-state index in [1.165, 1.54) is 6.07 Å². The lowest BCUT2D eigenvalue weighted by Gasteiger charge is -2.08. The Hall–Kier alpha value is -4.13. The van der Waals surface area contributed by atoms with Crippen LogP contribution >= 0.6 is 0 Å². The molecule has 0 aliphatic heterocycles. The number of esters is 2. The fraction of sp³-hybridized carbons (Fsp3) is 0.222. The summed E-state index contributed by atoms with van der Waals surface area (Å²) in [6.45, 7) is 4.30. The maximum absolute atomic E-state index is 12.5. The summed E-state index contributed by atoms with van der Waals surface area (Å²) in [6, 6.07) is 16.5. The second-order valence-corrected chi connectivity index (χ2v) is 7.58. The number of rotatable bonds is 12. The highest BCUT2D eigenvalue weighted by Gasteiger charge is 2.10. The van der Waals surface area contributed by atoms with Gasteiger partial charge in [-0.25, -0.2) is 14.4 Å². The zero-order valence-corrected chi connectivity index (χ0v) is 18.7. The molecule has 0 unspecified atom stereocenters. The molecule has 0 fully saturated rings. The Morgan fingerprint density at radius 1 is 0.765 bits per heavy atom. The van der Waals surface area contributed by atoms with Crippen LogP contribution in [0.5, 0.6) is 11.5 Å². The third-order valence-corrected chi connectivity index (χ3v) is 5.08. The molecule has 176 valence electrons. The standard InChI is InChI=1S/C27H26O7/c1-2-25(28)33-16-6-4-3-5-15-32-23-12-9-19(10-13-23)27(31)34-24-14-11-20-17-22(26(29)30)8-7-21(20)18-24/h2,7-14,17-18H,1,3-6,15-16H2,(H,29,30). The number of hydrogen-bond acceptors (Lipinski definition) is 6. The molecule has 0 aliphatic rings.